The van der Waals surface area contributed by atoms with Gasteiger partial charge in [-0.2, -0.15) is 4.98 Å². The molecule has 7 heteroatoms. The molecule has 1 aliphatic rings. The van der Waals surface area contributed by atoms with Crippen LogP contribution in [0.2, 0.25) is 0 Å². The number of halogens is 1. The van der Waals surface area contributed by atoms with Crippen LogP contribution < -0.4 is 19.7 Å². The van der Waals surface area contributed by atoms with Crippen LogP contribution in [0.3, 0.4) is 0 Å². The SMILES string of the molecule is COc1ccc(OC)c2c1CCN(c1nc(Nc3ccc(F)cc3)nc(C)c1C)C2C. The Labute approximate surface area is 182 Å². The summed E-state index contributed by atoms with van der Waals surface area (Å²) in [5, 5.41) is 3.19. The Bertz CT molecular complexity index is 1100. The van der Waals surface area contributed by atoms with Gasteiger partial charge in [-0.1, -0.05) is 0 Å². The number of aryl methyl sites for hydroxylation is 1. The Kier molecular flexibility index (Phi) is 5.67. The third-order valence-electron chi connectivity index (χ3n) is 5.94. The van der Waals surface area contributed by atoms with E-state index in [2.05, 4.69) is 22.1 Å². The van der Waals surface area contributed by atoms with Gasteiger partial charge in [0.2, 0.25) is 5.95 Å². The van der Waals surface area contributed by atoms with Crippen LogP contribution in [0.15, 0.2) is 36.4 Å². The van der Waals surface area contributed by atoms with Crippen LogP contribution in [0, 0.1) is 19.7 Å². The number of rotatable bonds is 5. The van der Waals surface area contributed by atoms with Crippen molar-refractivity contribution < 1.29 is 13.9 Å². The fourth-order valence-electron chi connectivity index (χ4n) is 4.19. The molecule has 1 aromatic heterocycles. The van der Waals surface area contributed by atoms with E-state index in [1.807, 2.05) is 26.0 Å². The molecule has 0 saturated carbocycles. The summed E-state index contributed by atoms with van der Waals surface area (Å²) in [4.78, 5) is 11.7. The van der Waals surface area contributed by atoms with Gasteiger partial charge in [0.15, 0.2) is 0 Å². The molecule has 1 atom stereocenters. The first-order valence-electron chi connectivity index (χ1n) is 10.3. The van der Waals surface area contributed by atoms with E-state index >= 15 is 0 Å². The van der Waals surface area contributed by atoms with Crippen molar-refractivity contribution in [2.75, 3.05) is 31.0 Å². The van der Waals surface area contributed by atoms with Crippen molar-refractivity contribution in [3.8, 4) is 11.5 Å². The predicted molar refractivity (Wildman–Crippen MR) is 120 cm³/mol. The van der Waals surface area contributed by atoms with Crippen molar-refractivity contribution in [2.24, 2.45) is 0 Å². The lowest BCUT2D eigenvalue weighted by Gasteiger charge is -2.38. The third-order valence-corrected chi connectivity index (χ3v) is 5.94. The largest absolute Gasteiger partial charge is 0.496 e. The van der Waals surface area contributed by atoms with Crippen LogP contribution in [0.25, 0.3) is 0 Å². The second-order valence-corrected chi connectivity index (χ2v) is 7.69. The van der Waals surface area contributed by atoms with Gasteiger partial charge in [-0.05, 0) is 63.6 Å². The molecule has 0 bridgehead atoms. The topological polar surface area (TPSA) is 59.5 Å². The number of nitrogens with one attached hydrogen (secondary N) is 1. The number of hydrogen-bond donors (Lipinski definition) is 1. The summed E-state index contributed by atoms with van der Waals surface area (Å²) in [6, 6.07) is 10.1. The number of methoxy groups -OCH3 is 2. The molecule has 4 rings (SSSR count). The predicted octanol–water partition coefficient (Wildman–Crippen LogP) is 5.12. The Morgan fingerprint density at radius 2 is 1.68 bits per heavy atom. The van der Waals surface area contributed by atoms with Crippen LogP contribution in [0.1, 0.15) is 35.3 Å². The molecule has 0 radical (unpaired) electrons. The molecule has 6 nitrogen and oxygen atoms in total. The zero-order valence-corrected chi connectivity index (χ0v) is 18.5. The minimum absolute atomic E-state index is 0.0421. The number of fused-ring (bicyclic) bond motifs is 1. The van der Waals surface area contributed by atoms with Crippen LogP contribution in [-0.2, 0) is 6.42 Å². The summed E-state index contributed by atoms with van der Waals surface area (Å²) >= 11 is 0. The lowest BCUT2D eigenvalue weighted by atomic mass is 9.91. The minimum Gasteiger partial charge on any atom is -0.496 e. The highest BCUT2D eigenvalue weighted by Gasteiger charge is 2.31. The normalized spacial score (nSPS) is 15.4. The summed E-state index contributed by atoms with van der Waals surface area (Å²) in [5.41, 5.74) is 4.96. The van der Waals surface area contributed by atoms with Gasteiger partial charge in [0.25, 0.3) is 0 Å². The van der Waals surface area contributed by atoms with Crippen molar-refractivity contribution >= 4 is 17.5 Å². The molecule has 0 spiro atoms. The fourth-order valence-corrected chi connectivity index (χ4v) is 4.19. The minimum atomic E-state index is -0.280. The van der Waals surface area contributed by atoms with E-state index in [1.165, 1.54) is 17.7 Å². The molecule has 0 fully saturated rings. The summed E-state index contributed by atoms with van der Waals surface area (Å²) in [5.74, 6) is 2.82. The maximum Gasteiger partial charge on any atom is 0.229 e. The summed E-state index contributed by atoms with van der Waals surface area (Å²) in [6.07, 6.45) is 0.823. The van der Waals surface area contributed by atoms with Crippen LogP contribution >= 0.6 is 0 Å². The molecule has 0 amide bonds. The summed E-state index contributed by atoms with van der Waals surface area (Å²) in [7, 11) is 3.39. The summed E-state index contributed by atoms with van der Waals surface area (Å²) < 4.78 is 24.5. The fraction of sp³-hybridized carbons (Fsp3) is 0.333. The maximum absolute atomic E-state index is 13.2. The molecule has 3 aromatic rings. The lowest BCUT2D eigenvalue weighted by molar-refractivity contribution is 0.385. The Balaban J connectivity index is 1.73. The van der Waals surface area contributed by atoms with Gasteiger partial charge in [-0.3, -0.25) is 0 Å². The number of hydrogen-bond acceptors (Lipinski definition) is 6. The van der Waals surface area contributed by atoms with Gasteiger partial charge >= 0.3 is 0 Å². The number of benzene rings is 2. The molecular formula is C24H27FN4O2. The molecule has 1 unspecified atom stereocenters. The van der Waals surface area contributed by atoms with E-state index in [0.717, 1.165) is 52.8 Å². The van der Waals surface area contributed by atoms with Crippen LogP contribution in [-0.4, -0.2) is 30.7 Å². The molecular weight excluding hydrogens is 395 g/mol. The average Bonchev–Trinajstić information content (AvgIpc) is 2.77. The quantitative estimate of drug-likeness (QED) is 0.616. The van der Waals surface area contributed by atoms with E-state index in [1.54, 1.807) is 26.4 Å². The second kappa shape index (κ2) is 8.41. The molecule has 162 valence electrons. The van der Waals surface area contributed by atoms with Crippen LogP contribution in [0.4, 0.5) is 21.8 Å². The summed E-state index contributed by atoms with van der Waals surface area (Å²) in [6.45, 7) is 6.97. The van der Waals surface area contributed by atoms with Gasteiger partial charge in [0.05, 0.1) is 20.3 Å². The standard InChI is InChI=1S/C24H27FN4O2/c1-14-15(2)26-24(27-18-8-6-17(25)7-9-18)28-23(14)29-13-12-19-20(30-4)10-11-21(31-5)22(19)16(29)3/h6-11,16H,12-13H2,1-5H3,(H,26,27,28). The van der Waals surface area contributed by atoms with E-state index in [-0.39, 0.29) is 11.9 Å². The highest BCUT2D eigenvalue weighted by Crippen LogP contribution is 2.43. The van der Waals surface area contributed by atoms with Crippen molar-refractivity contribution in [3.63, 3.8) is 0 Å². The van der Waals surface area contributed by atoms with Crippen molar-refractivity contribution in [1.82, 2.24) is 9.97 Å². The Hall–Kier alpha value is -3.35. The average molecular weight is 423 g/mol. The van der Waals surface area contributed by atoms with Crippen LogP contribution in [0.5, 0.6) is 11.5 Å². The smallest absolute Gasteiger partial charge is 0.229 e. The number of aromatic nitrogens is 2. The van der Waals surface area contributed by atoms with Gasteiger partial charge < -0.3 is 19.7 Å². The van der Waals surface area contributed by atoms with Gasteiger partial charge in [0, 0.05) is 34.6 Å². The number of anilines is 3. The van der Waals surface area contributed by atoms with Gasteiger partial charge in [-0.25, -0.2) is 9.37 Å². The first-order chi connectivity index (χ1) is 14.9. The highest BCUT2D eigenvalue weighted by molar-refractivity contribution is 5.62. The van der Waals surface area contributed by atoms with Gasteiger partial charge in [-0.15, -0.1) is 0 Å². The zero-order valence-electron chi connectivity index (χ0n) is 18.5. The van der Waals surface area contributed by atoms with Crippen molar-refractivity contribution in [2.45, 2.75) is 33.2 Å². The first-order valence-corrected chi connectivity index (χ1v) is 10.3. The van der Waals surface area contributed by atoms with Crippen molar-refractivity contribution in [3.05, 3.63) is 64.6 Å². The Morgan fingerprint density at radius 1 is 1.00 bits per heavy atom. The van der Waals surface area contributed by atoms with E-state index in [0.29, 0.717) is 5.95 Å². The second-order valence-electron chi connectivity index (χ2n) is 7.69. The molecule has 0 saturated heterocycles. The maximum atomic E-state index is 13.2. The third kappa shape index (κ3) is 3.87. The zero-order chi connectivity index (χ0) is 22.1. The molecule has 1 N–H and O–H groups in total. The number of nitrogens with zero attached hydrogens (tertiary/aromatic N) is 3. The van der Waals surface area contributed by atoms with Gasteiger partial charge in [0.1, 0.15) is 23.1 Å². The molecule has 31 heavy (non-hydrogen) atoms. The number of ether oxygens (including phenoxy) is 2. The molecule has 0 aliphatic carbocycles. The molecule has 1 aliphatic heterocycles. The first kappa shape index (κ1) is 20.9. The van der Waals surface area contributed by atoms with E-state index in [9.17, 15) is 4.39 Å². The monoisotopic (exact) mass is 422 g/mol. The Morgan fingerprint density at radius 3 is 2.35 bits per heavy atom. The molecule has 2 aromatic carbocycles. The lowest BCUT2D eigenvalue weighted by Crippen LogP contribution is -2.36. The highest BCUT2D eigenvalue weighted by atomic mass is 19.1. The molecule has 2 heterocycles. The van der Waals surface area contributed by atoms with Crippen molar-refractivity contribution in [1.29, 1.82) is 0 Å². The van der Waals surface area contributed by atoms with E-state index in [4.69, 9.17) is 14.5 Å². The van der Waals surface area contributed by atoms with E-state index < -0.39 is 0 Å².